The standard InChI is InChI=1S/C12H11NO2/c1-7-8(2)13-5-9-3-11-12(4-10(7)9)15-6-14-11/h3-5H,6H2,1-2H3. The SMILES string of the molecule is Cc1ncc2cc3c(cc2c1C)OCO3. The van der Waals surface area contributed by atoms with E-state index in [9.17, 15) is 0 Å². The van der Waals surface area contributed by atoms with E-state index in [2.05, 4.69) is 11.9 Å². The Labute approximate surface area is 87.6 Å². The number of nitrogens with zero attached hydrogens (tertiary/aromatic N) is 1. The second-order valence-corrected chi connectivity index (χ2v) is 3.76. The van der Waals surface area contributed by atoms with Crippen molar-refractivity contribution in [1.29, 1.82) is 0 Å². The molecule has 0 unspecified atom stereocenters. The molecule has 2 aromatic rings. The first kappa shape index (κ1) is 8.53. The highest BCUT2D eigenvalue weighted by molar-refractivity contribution is 5.88. The minimum Gasteiger partial charge on any atom is -0.454 e. The zero-order valence-corrected chi connectivity index (χ0v) is 8.70. The van der Waals surface area contributed by atoms with Gasteiger partial charge in [0, 0.05) is 17.3 Å². The molecule has 1 aliphatic heterocycles. The molecular weight excluding hydrogens is 190 g/mol. The third-order valence-corrected chi connectivity index (χ3v) is 2.89. The molecule has 15 heavy (non-hydrogen) atoms. The van der Waals surface area contributed by atoms with E-state index in [1.54, 1.807) is 0 Å². The molecule has 0 aliphatic carbocycles. The Kier molecular flexibility index (Phi) is 1.63. The van der Waals surface area contributed by atoms with Crippen LogP contribution < -0.4 is 9.47 Å². The lowest BCUT2D eigenvalue weighted by Crippen LogP contribution is -1.92. The van der Waals surface area contributed by atoms with Crippen molar-refractivity contribution in [2.24, 2.45) is 0 Å². The zero-order chi connectivity index (χ0) is 10.4. The third kappa shape index (κ3) is 1.16. The first-order valence-electron chi connectivity index (χ1n) is 4.91. The summed E-state index contributed by atoms with van der Waals surface area (Å²) < 4.78 is 10.7. The monoisotopic (exact) mass is 201 g/mol. The summed E-state index contributed by atoms with van der Waals surface area (Å²) in [7, 11) is 0. The van der Waals surface area contributed by atoms with E-state index in [1.165, 1.54) is 10.9 Å². The molecule has 3 nitrogen and oxygen atoms in total. The first-order chi connectivity index (χ1) is 7.25. The average Bonchev–Trinajstić information content (AvgIpc) is 2.68. The molecule has 76 valence electrons. The Morgan fingerprint density at radius 3 is 2.67 bits per heavy atom. The number of aryl methyl sites for hydroxylation is 2. The summed E-state index contributed by atoms with van der Waals surface area (Å²) in [5.41, 5.74) is 2.26. The van der Waals surface area contributed by atoms with E-state index in [0.717, 1.165) is 22.6 Å². The van der Waals surface area contributed by atoms with Crippen LogP contribution in [0.25, 0.3) is 10.8 Å². The van der Waals surface area contributed by atoms with Crippen molar-refractivity contribution in [3.8, 4) is 11.5 Å². The predicted molar refractivity (Wildman–Crippen MR) is 57.3 cm³/mol. The maximum atomic E-state index is 5.36. The molecule has 0 saturated carbocycles. The number of hydrogen-bond acceptors (Lipinski definition) is 3. The molecule has 0 spiro atoms. The van der Waals surface area contributed by atoms with Crippen LogP contribution in [0.4, 0.5) is 0 Å². The van der Waals surface area contributed by atoms with Gasteiger partial charge in [0.2, 0.25) is 6.79 Å². The summed E-state index contributed by atoms with van der Waals surface area (Å²) in [6.07, 6.45) is 1.87. The molecule has 0 radical (unpaired) electrons. The molecular formula is C12H11NO2. The van der Waals surface area contributed by atoms with Crippen LogP contribution in [-0.4, -0.2) is 11.8 Å². The van der Waals surface area contributed by atoms with Crippen molar-refractivity contribution in [3.05, 3.63) is 29.6 Å². The van der Waals surface area contributed by atoms with Gasteiger partial charge in [0.1, 0.15) is 0 Å². The number of rotatable bonds is 0. The van der Waals surface area contributed by atoms with Gasteiger partial charge in [-0.05, 0) is 36.9 Å². The molecule has 0 atom stereocenters. The number of fused-ring (bicyclic) bond motifs is 2. The van der Waals surface area contributed by atoms with Gasteiger partial charge in [-0.15, -0.1) is 0 Å². The maximum Gasteiger partial charge on any atom is 0.231 e. The topological polar surface area (TPSA) is 31.4 Å². The molecule has 1 aliphatic rings. The maximum absolute atomic E-state index is 5.36. The lowest BCUT2D eigenvalue weighted by molar-refractivity contribution is 0.174. The van der Waals surface area contributed by atoms with Crippen molar-refractivity contribution in [2.75, 3.05) is 6.79 Å². The predicted octanol–water partition coefficient (Wildman–Crippen LogP) is 2.58. The Morgan fingerprint density at radius 1 is 1.13 bits per heavy atom. The normalized spacial score (nSPS) is 13.5. The summed E-state index contributed by atoms with van der Waals surface area (Å²) in [6, 6.07) is 4.01. The molecule has 0 bridgehead atoms. The van der Waals surface area contributed by atoms with E-state index in [4.69, 9.17) is 9.47 Å². The van der Waals surface area contributed by atoms with Crippen LogP contribution in [0.1, 0.15) is 11.3 Å². The molecule has 0 fully saturated rings. The second-order valence-electron chi connectivity index (χ2n) is 3.76. The second kappa shape index (κ2) is 2.86. The van der Waals surface area contributed by atoms with Crippen LogP contribution in [0.5, 0.6) is 11.5 Å². The Morgan fingerprint density at radius 2 is 1.87 bits per heavy atom. The smallest absolute Gasteiger partial charge is 0.231 e. The number of aromatic nitrogens is 1. The van der Waals surface area contributed by atoms with E-state index in [0.29, 0.717) is 6.79 Å². The van der Waals surface area contributed by atoms with Crippen molar-refractivity contribution in [2.45, 2.75) is 13.8 Å². The largest absolute Gasteiger partial charge is 0.454 e. The number of ether oxygens (including phenoxy) is 2. The fraction of sp³-hybridized carbons (Fsp3) is 0.250. The summed E-state index contributed by atoms with van der Waals surface area (Å²) in [5.74, 6) is 1.64. The highest BCUT2D eigenvalue weighted by Crippen LogP contribution is 2.36. The quantitative estimate of drug-likeness (QED) is 0.656. The molecule has 3 heteroatoms. The lowest BCUT2D eigenvalue weighted by Gasteiger charge is -2.05. The van der Waals surface area contributed by atoms with Crippen LogP contribution in [0, 0.1) is 13.8 Å². The zero-order valence-electron chi connectivity index (χ0n) is 8.70. The van der Waals surface area contributed by atoms with Crippen LogP contribution in [0.3, 0.4) is 0 Å². The Hall–Kier alpha value is -1.77. The van der Waals surface area contributed by atoms with Crippen LogP contribution in [0.2, 0.25) is 0 Å². The highest BCUT2D eigenvalue weighted by atomic mass is 16.7. The minimum atomic E-state index is 0.317. The van der Waals surface area contributed by atoms with Gasteiger partial charge in [-0.2, -0.15) is 0 Å². The van der Waals surface area contributed by atoms with E-state index in [-0.39, 0.29) is 0 Å². The summed E-state index contributed by atoms with van der Waals surface area (Å²) in [5, 5.41) is 2.29. The van der Waals surface area contributed by atoms with E-state index < -0.39 is 0 Å². The van der Waals surface area contributed by atoms with E-state index in [1.807, 2.05) is 25.3 Å². The van der Waals surface area contributed by atoms with Gasteiger partial charge >= 0.3 is 0 Å². The summed E-state index contributed by atoms with van der Waals surface area (Å²) >= 11 is 0. The molecule has 2 heterocycles. The summed E-state index contributed by atoms with van der Waals surface area (Å²) in [6.45, 7) is 4.41. The number of hydrogen-bond donors (Lipinski definition) is 0. The average molecular weight is 201 g/mol. The van der Waals surface area contributed by atoms with Gasteiger partial charge in [-0.25, -0.2) is 0 Å². The van der Waals surface area contributed by atoms with Crippen molar-refractivity contribution in [1.82, 2.24) is 4.98 Å². The van der Waals surface area contributed by atoms with Gasteiger partial charge in [0.05, 0.1) is 0 Å². The van der Waals surface area contributed by atoms with Crippen LogP contribution >= 0.6 is 0 Å². The fourth-order valence-corrected chi connectivity index (χ4v) is 1.85. The van der Waals surface area contributed by atoms with Gasteiger partial charge in [0.15, 0.2) is 11.5 Å². The van der Waals surface area contributed by atoms with Crippen molar-refractivity contribution in [3.63, 3.8) is 0 Å². The van der Waals surface area contributed by atoms with E-state index >= 15 is 0 Å². The van der Waals surface area contributed by atoms with Gasteiger partial charge in [-0.3, -0.25) is 4.98 Å². The molecule has 1 aromatic carbocycles. The summed E-state index contributed by atoms with van der Waals surface area (Å²) in [4.78, 5) is 4.34. The molecule has 3 rings (SSSR count). The van der Waals surface area contributed by atoms with Crippen LogP contribution in [0.15, 0.2) is 18.3 Å². The van der Waals surface area contributed by atoms with Crippen molar-refractivity contribution < 1.29 is 9.47 Å². The third-order valence-electron chi connectivity index (χ3n) is 2.89. The van der Waals surface area contributed by atoms with Gasteiger partial charge in [-0.1, -0.05) is 0 Å². The minimum absolute atomic E-state index is 0.317. The Balaban J connectivity index is 2.38. The highest BCUT2D eigenvalue weighted by Gasteiger charge is 2.15. The molecule has 1 aromatic heterocycles. The first-order valence-corrected chi connectivity index (χ1v) is 4.91. The van der Waals surface area contributed by atoms with Crippen LogP contribution in [-0.2, 0) is 0 Å². The van der Waals surface area contributed by atoms with Gasteiger partial charge < -0.3 is 9.47 Å². The number of benzene rings is 1. The molecule has 0 amide bonds. The van der Waals surface area contributed by atoms with Gasteiger partial charge in [0.25, 0.3) is 0 Å². The Bertz CT molecular complexity index is 549. The molecule has 0 saturated heterocycles. The number of pyridine rings is 1. The molecule has 0 N–H and O–H groups in total. The van der Waals surface area contributed by atoms with Crippen molar-refractivity contribution >= 4 is 10.8 Å². The lowest BCUT2D eigenvalue weighted by atomic mass is 10.1. The fourth-order valence-electron chi connectivity index (χ4n) is 1.85.